The Labute approximate surface area is 320 Å². The Bertz CT molecular complexity index is 1550. The molecule has 3 aromatic carbocycles. The number of rotatable bonds is 15. The van der Waals surface area contributed by atoms with Gasteiger partial charge in [-0.25, -0.2) is 0 Å². The van der Waals surface area contributed by atoms with Crippen LogP contribution in [0, 0.1) is 5.92 Å². The van der Waals surface area contributed by atoms with Crippen LogP contribution < -0.4 is 44.7 Å². The first kappa shape index (κ1) is 39.7. The zero-order valence-corrected chi connectivity index (χ0v) is 32.4. The van der Waals surface area contributed by atoms with Crippen molar-refractivity contribution in [1.29, 1.82) is 0 Å². The van der Waals surface area contributed by atoms with Crippen LogP contribution in [0.25, 0.3) is 0 Å². The van der Waals surface area contributed by atoms with Gasteiger partial charge in [0.15, 0.2) is 0 Å². The number of anilines is 1. The molecule has 1 saturated carbocycles. The second-order valence-corrected chi connectivity index (χ2v) is 14.9. The number of benzene rings is 3. The van der Waals surface area contributed by atoms with Crippen LogP contribution in [-0.2, 0) is 31.0 Å². The summed E-state index contributed by atoms with van der Waals surface area (Å²) in [4.78, 5) is 37.3. The number of amides is 1. The van der Waals surface area contributed by atoms with Gasteiger partial charge in [-0.3, -0.25) is 9.59 Å². The quantitative estimate of drug-likeness (QED) is 0.124. The first-order chi connectivity index (χ1) is 23.6. The number of unbranched alkanes of at least 4 members (excludes halogenated alkanes) is 1. The first-order valence-electron chi connectivity index (χ1n) is 18.2. The number of aliphatic carboxylic acids is 1. The van der Waals surface area contributed by atoms with Crippen molar-refractivity contribution in [3.05, 3.63) is 89.0 Å². The van der Waals surface area contributed by atoms with Crippen molar-refractivity contribution in [2.24, 2.45) is 5.92 Å². The van der Waals surface area contributed by atoms with Gasteiger partial charge in [-0.15, -0.1) is 0 Å². The maximum absolute atomic E-state index is 13.8. The maximum atomic E-state index is 13.8. The number of carbonyl (C=O) groups excluding carboxylic acids is 3. The molecule has 1 aliphatic carbocycles. The van der Waals surface area contributed by atoms with Crippen LogP contribution in [0.1, 0.15) is 132 Å². The molecule has 3 aromatic rings. The van der Waals surface area contributed by atoms with E-state index in [-0.39, 0.29) is 72.2 Å². The fourth-order valence-corrected chi connectivity index (χ4v) is 7.44. The number of hydrogen-bond donors (Lipinski definition) is 1. The molecular weight excluding hydrogens is 637 g/mol. The third-order valence-corrected chi connectivity index (χ3v) is 10.1. The predicted octanol–water partition coefficient (Wildman–Crippen LogP) is 5.77. The number of esters is 1. The molecule has 1 aliphatic heterocycles. The third kappa shape index (κ3) is 11.4. The van der Waals surface area contributed by atoms with Crippen molar-refractivity contribution in [1.82, 2.24) is 0 Å². The van der Waals surface area contributed by atoms with Gasteiger partial charge in [0.25, 0.3) is 0 Å². The molecule has 1 unspecified atom stereocenters. The number of fused-ring (bicyclic) bond motifs is 2. The number of carboxylic acids is 1. The second kappa shape index (κ2) is 18.9. The van der Waals surface area contributed by atoms with Crippen molar-refractivity contribution in [2.45, 2.75) is 128 Å². The topological polar surface area (TPSA) is 105 Å². The van der Waals surface area contributed by atoms with E-state index in [1.165, 1.54) is 38.5 Å². The van der Waals surface area contributed by atoms with Gasteiger partial charge in [0, 0.05) is 35.1 Å². The van der Waals surface area contributed by atoms with E-state index in [1.54, 1.807) is 0 Å². The van der Waals surface area contributed by atoms with Crippen LogP contribution in [0.5, 0.6) is 11.5 Å². The fourth-order valence-electron chi connectivity index (χ4n) is 7.44. The Morgan fingerprint density at radius 1 is 0.880 bits per heavy atom. The minimum Gasteiger partial charge on any atom is -0.550 e. The molecule has 50 heavy (non-hydrogen) atoms. The van der Waals surface area contributed by atoms with Crippen LogP contribution in [0.2, 0.25) is 0 Å². The van der Waals surface area contributed by atoms with Crippen LogP contribution >= 0.6 is 0 Å². The molecule has 2 aliphatic rings. The van der Waals surface area contributed by atoms with Crippen LogP contribution in [-0.4, -0.2) is 23.9 Å². The first-order valence-corrected chi connectivity index (χ1v) is 18.2. The normalized spacial score (nSPS) is 15.1. The molecule has 0 spiro atoms. The molecule has 8 heteroatoms. The zero-order chi connectivity index (χ0) is 34.8. The molecule has 1 N–H and O–H groups in total. The molecule has 0 bridgehead atoms. The Balaban J connectivity index is 0.00000562. The Morgan fingerprint density at radius 3 is 2.18 bits per heavy atom. The largest absolute Gasteiger partial charge is 1.00 e. The number of carboxylic acid groups (broad SMARTS) is 1. The van der Waals surface area contributed by atoms with Gasteiger partial charge in [0.05, 0.1) is 6.42 Å². The van der Waals surface area contributed by atoms with E-state index in [2.05, 4.69) is 44.3 Å². The standard InChI is InChI=1S/C42H53NO6.Na/c1-42(2,3)35-24-22-30(21-23-31(48-41(47)26-25-40(45)46)16-8-7-15-29-13-5-4-6-14-29)27-36(35)43-39(44)28-34-32-17-9-11-19-37(32)49-38-20-12-10-18-33(34)38;/h9-12,17-20,22,24,27,29,31,34H,4-8,13-16,21,23,25-26,28H2,1-3H3,(H,43,44)(H,45,46);/q;+1/p-1. The van der Waals surface area contributed by atoms with E-state index >= 15 is 0 Å². The van der Waals surface area contributed by atoms with Gasteiger partial charge >= 0.3 is 35.5 Å². The Morgan fingerprint density at radius 2 is 1.54 bits per heavy atom. The van der Waals surface area contributed by atoms with Gasteiger partial charge < -0.3 is 24.7 Å². The molecule has 7 nitrogen and oxygen atoms in total. The van der Waals surface area contributed by atoms with Gasteiger partial charge in [-0.05, 0) is 72.8 Å². The number of para-hydroxylation sites is 2. The summed E-state index contributed by atoms with van der Waals surface area (Å²) in [7, 11) is 0. The monoisotopic (exact) mass is 689 g/mol. The molecule has 0 radical (unpaired) electrons. The SMILES string of the molecule is CC(C)(C)c1ccc(CCC(CCCCC2CCCCC2)OC(=O)CCC(=O)[O-])cc1NC(=O)CC1c2ccccc2Oc2ccccc21.[Na+]. The Kier molecular flexibility index (Phi) is 15.0. The zero-order valence-electron chi connectivity index (χ0n) is 30.4. The predicted molar refractivity (Wildman–Crippen MR) is 191 cm³/mol. The summed E-state index contributed by atoms with van der Waals surface area (Å²) in [6.07, 6.45) is 11.4. The molecule has 1 fully saturated rings. The molecule has 0 saturated heterocycles. The van der Waals surface area contributed by atoms with Crippen molar-refractivity contribution in [3.63, 3.8) is 0 Å². The van der Waals surface area contributed by atoms with Crippen LogP contribution in [0.15, 0.2) is 66.7 Å². The summed E-state index contributed by atoms with van der Waals surface area (Å²) in [5, 5.41) is 14.2. The summed E-state index contributed by atoms with van der Waals surface area (Å²) < 4.78 is 12.0. The fraction of sp³-hybridized carbons (Fsp3) is 0.500. The average Bonchev–Trinajstić information content (AvgIpc) is 3.08. The molecule has 1 amide bonds. The van der Waals surface area contributed by atoms with Gasteiger partial charge in [0.2, 0.25) is 5.91 Å². The van der Waals surface area contributed by atoms with E-state index in [0.29, 0.717) is 12.8 Å². The molecular formula is C42H52NNaO6. The smallest absolute Gasteiger partial charge is 0.550 e. The van der Waals surface area contributed by atoms with E-state index in [4.69, 9.17) is 9.47 Å². The van der Waals surface area contributed by atoms with Crippen molar-refractivity contribution in [3.8, 4) is 11.5 Å². The van der Waals surface area contributed by atoms with E-state index in [0.717, 1.165) is 64.6 Å². The van der Waals surface area contributed by atoms with Crippen molar-refractivity contribution in [2.75, 3.05) is 5.32 Å². The summed E-state index contributed by atoms with van der Waals surface area (Å²) in [5.74, 6) is 0.419. The molecule has 1 heterocycles. The Hall–Kier alpha value is -3.13. The second-order valence-electron chi connectivity index (χ2n) is 14.9. The number of hydrogen-bond acceptors (Lipinski definition) is 6. The van der Waals surface area contributed by atoms with Crippen LogP contribution in [0.4, 0.5) is 5.69 Å². The summed E-state index contributed by atoms with van der Waals surface area (Å²) in [6, 6.07) is 22.0. The minimum atomic E-state index is -1.25. The van der Waals surface area contributed by atoms with E-state index in [1.807, 2.05) is 48.5 Å². The minimum absolute atomic E-state index is 0. The van der Waals surface area contributed by atoms with Gasteiger partial charge in [-0.2, -0.15) is 0 Å². The summed E-state index contributed by atoms with van der Waals surface area (Å²) in [5.41, 5.74) is 4.68. The number of carbonyl (C=O) groups is 3. The molecule has 1 atom stereocenters. The molecule has 0 aromatic heterocycles. The van der Waals surface area contributed by atoms with Crippen molar-refractivity contribution >= 4 is 23.5 Å². The number of nitrogens with one attached hydrogen (secondary N) is 1. The number of aryl methyl sites for hydroxylation is 1. The summed E-state index contributed by atoms with van der Waals surface area (Å²) >= 11 is 0. The van der Waals surface area contributed by atoms with Gasteiger partial charge in [-0.1, -0.05) is 114 Å². The van der Waals surface area contributed by atoms with E-state index in [9.17, 15) is 19.5 Å². The van der Waals surface area contributed by atoms with Crippen LogP contribution in [0.3, 0.4) is 0 Å². The number of ether oxygens (including phenoxy) is 2. The third-order valence-electron chi connectivity index (χ3n) is 10.1. The van der Waals surface area contributed by atoms with Gasteiger partial charge in [0.1, 0.15) is 17.6 Å². The summed E-state index contributed by atoms with van der Waals surface area (Å²) in [6.45, 7) is 6.41. The van der Waals surface area contributed by atoms with Crippen molar-refractivity contribution < 1.29 is 58.5 Å². The van der Waals surface area contributed by atoms with E-state index < -0.39 is 11.9 Å². The maximum Gasteiger partial charge on any atom is 1.00 e. The average molecular weight is 690 g/mol. The molecule has 5 rings (SSSR count). The molecule has 262 valence electrons.